The minimum Gasteiger partial charge on any atom is -0.481 e. The average Bonchev–Trinajstić information content (AvgIpc) is 3.08. The molecule has 2 aliphatic heterocycles. The number of aromatic nitrogens is 2. The molecule has 0 aliphatic carbocycles. The molecule has 2 N–H and O–H groups in total. The van der Waals surface area contributed by atoms with Crippen molar-refractivity contribution in [1.82, 2.24) is 14.5 Å². The van der Waals surface area contributed by atoms with Crippen LogP contribution < -0.4 is 11.2 Å². The fraction of sp³-hybridized carbons (Fsp3) is 0.474. The van der Waals surface area contributed by atoms with Gasteiger partial charge in [0, 0.05) is 37.7 Å². The molecule has 1 aromatic heterocycles. The Morgan fingerprint density at radius 3 is 2.82 bits per heavy atom. The number of carboxylic acids is 1. The quantitative estimate of drug-likeness (QED) is 0.780. The topological polar surface area (TPSA) is 122 Å². The molecule has 2 fully saturated rings. The van der Waals surface area contributed by atoms with Crippen LogP contribution in [0.5, 0.6) is 0 Å². The minimum absolute atomic E-state index is 0.126. The van der Waals surface area contributed by atoms with Gasteiger partial charge < -0.3 is 19.7 Å². The number of carboxylic acid groups (broad SMARTS) is 1. The van der Waals surface area contributed by atoms with E-state index in [0.717, 1.165) is 4.57 Å². The third-order valence-electron chi connectivity index (χ3n) is 5.97. The molecule has 28 heavy (non-hydrogen) atoms. The third-order valence-corrected chi connectivity index (χ3v) is 5.97. The molecule has 0 radical (unpaired) electrons. The Morgan fingerprint density at radius 1 is 1.36 bits per heavy atom. The van der Waals surface area contributed by atoms with E-state index in [-0.39, 0.29) is 24.9 Å². The predicted octanol–water partition coefficient (Wildman–Crippen LogP) is 0.273. The van der Waals surface area contributed by atoms with Gasteiger partial charge in [-0.25, -0.2) is 4.79 Å². The van der Waals surface area contributed by atoms with Gasteiger partial charge in [-0.1, -0.05) is 0 Å². The van der Waals surface area contributed by atoms with Crippen LogP contribution in [0.3, 0.4) is 0 Å². The molecule has 0 bridgehead atoms. The molecule has 0 spiro atoms. The summed E-state index contributed by atoms with van der Waals surface area (Å²) in [5, 5.41) is 10.1. The fourth-order valence-corrected chi connectivity index (χ4v) is 4.31. The standard InChI is InChI=1S/C19H21N3O6/c1-2-22-16(24)13-4-3-11(7-14(13)20-18(22)27)15(23)21-8-12-9-28-6-5-19(12,10-21)17(25)26/h3-4,7,12H,2,5-6,8-10H2,1H3,(H,20,27)(H,25,26)/t12-,19+/m0/s1. The monoisotopic (exact) mass is 387 g/mol. The highest BCUT2D eigenvalue weighted by atomic mass is 16.5. The van der Waals surface area contributed by atoms with Gasteiger partial charge in [-0.2, -0.15) is 0 Å². The lowest BCUT2D eigenvalue weighted by Gasteiger charge is -2.33. The van der Waals surface area contributed by atoms with Crippen LogP contribution in [0.25, 0.3) is 10.9 Å². The van der Waals surface area contributed by atoms with Crippen LogP contribution in [-0.4, -0.2) is 57.7 Å². The molecule has 2 atom stereocenters. The zero-order valence-corrected chi connectivity index (χ0v) is 15.4. The molecule has 9 heteroatoms. The molecule has 0 saturated carbocycles. The summed E-state index contributed by atoms with van der Waals surface area (Å²) in [6.07, 6.45) is 0.373. The number of hydrogen-bond donors (Lipinski definition) is 2. The van der Waals surface area contributed by atoms with Gasteiger partial charge in [0.05, 0.1) is 22.9 Å². The number of likely N-dealkylation sites (tertiary alicyclic amines) is 1. The van der Waals surface area contributed by atoms with E-state index in [1.54, 1.807) is 6.92 Å². The van der Waals surface area contributed by atoms with Gasteiger partial charge in [-0.05, 0) is 31.5 Å². The maximum Gasteiger partial charge on any atom is 0.328 e. The number of benzene rings is 1. The highest BCUT2D eigenvalue weighted by Crippen LogP contribution is 2.42. The summed E-state index contributed by atoms with van der Waals surface area (Å²) in [6.45, 7) is 3.07. The van der Waals surface area contributed by atoms with Crippen LogP contribution in [0, 0.1) is 11.3 Å². The van der Waals surface area contributed by atoms with E-state index in [1.807, 2.05) is 0 Å². The summed E-state index contributed by atoms with van der Waals surface area (Å²) in [4.78, 5) is 53.5. The molecule has 2 saturated heterocycles. The van der Waals surface area contributed by atoms with Crippen molar-refractivity contribution in [3.63, 3.8) is 0 Å². The second-order valence-corrected chi connectivity index (χ2v) is 7.41. The highest BCUT2D eigenvalue weighted by Gasteiger charge is 2.54. The molecular weight excluding hydrogens is 366 g/mol. The van der Waals surface area contributed by atoms with Crippen molar-refractivity contribution in [1.29, 1.82) is 0 Å². The first kappa shape index (κ1) is 18.4. The van der Waals surface area contributed by atoms with E-state index in [2.05, 4.69) is 4.98 Å². The molecule has 148 valence electrons. The number of H-pyrrole nitrogens is 1. The van der Waals surface area contributed by atoms with E-state index in [0.29, 0.717) is 42.6 Å². The minimum atomic E-state index is -0.978. The van der Waals surface area contributed by atoms with E-state index in [4.69, 9.17) is 4.74 Å². The second-order valence-electron chi connectivity index (χ2n) is 7.41. The number of ether oxygens (including phenoxy) is 1. The van der Waals surface area contributed by atoms with Crippen molar-refractivity contribution in [2.24, 2.45) is 11.3 Å². The van der Waals surface area contributed by atoms with E-state index in [1.165, 1.54) is 23.1 Å². The van der Waals surface area contributed by atoms with Gasteiger partial charge in [0.1, 0.15) is 0 Å². The van der Waals surface area contributed by atoms with Crippen molar-refractivity contribution in [2.45, 2.75) is 19.9 Å². The third kappa shape index (κ3) is 2.65. The van der Waals surface area contributed by atoms with Crippen molar-refractivity contribution < 1.29 is 19.4 Å². The Balaban J connectivity index is 1.69. The lowest BCUT2D eigenvalue weighted by molar-refractivity contribution is -0.157. The maximum atomic E-state index is 13.0. The smallest absolute Gasteiger partial charge is 0.328 e. The molecule has 4 rings (SSSR count). The molecule has 2 aromatic rings. The van der Waals surface area contributed by atoms with E-state index in [9.17, 15) is 24.3 Å². The van der Waals surface area contributed by atoms with Crippen LogP contribution in [0.4, 0.5) is 0 Å². The molecule has 2 aliphatic rings. The Morgan fingerprint density at radius 2 is 2.14 bits per heavy atom. The van der Waals surface area contributed by atoms with Gasteiger partial charge in [0.25, 0.3) is 11.5 Å². The fourth-order valence-electron chi connectivity index (χ4n) is 4.31. The van der Waals surface area contributed by atoms with Gasteiger partial charge in [0.2, 0.25) is 0 Å². The number of nitrogens with one attached hydrogen (secondary N) is 1. The zero-order chi connectivity index (χ0) is 20.1. The van der Waals surface area contributed by atoms with Crippen LogP contribution in [-0.2, 0) is 16.1 Å². The predicted molar refractivity (Wildman–Crippen MR) is 99.4 cm³/mol. The lowest BCUT2D eigenvalue weighted by Crippen LogP contribution is -2.45. The molecule has 1 aromatic carbocycles. The number of fused-ring (bicyclic) bond motifs is 2. The first-order chi connectivity index (χ1) is 13.4. The summed E-state index contributed by atoms with van der Waals surface area (Å²) in [6, 6.07) is 4.54. The SMILES string of the molecule is CCn1c(=O)[nH]c2cc(C(=O)N3C[C@H]4COCC[C@@]4(C(=O)O)C3)ccc2c1=O. The maximum absolute atomic E-state index is 13.0. The highest BCUT2D eigenvalue weighted by molar-refractivity contribution is 5.98. The van der Waals surface area contributed by atoms with Gasteiger partial charge in [-0.15, -0.1) is 0 Å². The zero-order valence-electron chi connectivity index (χ0n) is 15.4. The van der Waals surface area contributed by atoms with Crippen molar-refractivity contribution in [3.05, 3.63) is 44.6 Å². The normalized spacial score (nSPS) is 24.3. The number of rotatable bonds is 3. The number of amides is 1. The number of aromatic amines is 1. The Hall–Kier alpha value is -2.94. The van der Waals surface area contributed by atoms with Crippen LogP contribution in [0.1, 0.15) is 23.7 Å². The molecule has 0 unspecified atom stereocenters. The largest absolute Gasteiger partial charge is 0.481 e. The molecule has 9 nitrogen and oxygen atoms in total. The van der Waals surface area contributed by atoms with Gasteiger partial charge >= 0.3 is 11.7 Å². The van der Waals surface area contributed by atoms with Crippen molar-refractivity contribution in [3.8, 4) is 0 Å². The van der Waals surface area contributed by atoms with Gasteiger partial charge in [0.15, 0.2) is 0 Å². The molecular formula is C19H21N3O6. The summed E-state index contributed by atoms with van der Waals surface area (Å²) >= 11 is 0. The number of carbonyl (C=O) groups is 2. The molecule has 1 amide bonds. The van der Waals surface area contributed by atoms with Gasteiger partial charge in [-0.3, -0.25) is 19.0 Å². The first-order valence-electron chi connectivity index (χ1n) is 9.24. The Bertz CT molecular complexity index is 1090. The molecule has 3 heterocycles. The second kappa shape index (κ2) is 6.59. The summed E-state index contributed by atoms with van der Waals surface area (Å²) in [7, 11) is 0. The number of carbonyl (C=O) groups excluding carboxylic acids is 1. The van der Waals surface area contributed by atoms with E-state index < -0.39 is 22.6 Å². The first-order valence-corrected chi connectivity index (χ1v) is 9.24. The Labute approximate surface area is 159 Å². The summed E-state index contributed by atoms with van der Waals surface area (Å²) < 4.78 is 6.51. The lowest BCUT2D eigenvalue weighted by atomic mass is 9.74. The summed E-state index contributed by atoms with van der Waals surface area (Å²) in [5.41, 5.74) is -1.32. The Kier molecular flexibility index (Phi) is 4.34. The van der Waals surface area contributed by atoms with Crippen molar-refractivity contribution in [2.75, 3.05) is 26.3 Å². The average molecular weight is 387 g/mol. The van der Waals surface area contributed by atoms with Crippen LogP contribution in [0.2, 0.25) is 0 Å². The number of nitrogens with zero attached hydrogens (tertiary/aromatic N) is 2. The van der Waals surface area contributed by atoms with E-state index >= 15 is 0 Å². The summed E-state index contributed by atoms with van der Waals surface area (Å²) in [5.74, 6) is -1.48. The van der Waals surface area contributed by atoms with Crippen LogP contribution in [0.15, 0.2) is 27.8 Å². The number of hydrogen-bond acceptors (Lipinski definition) is 5. The van der Waals surface area contributed by atoms with Crippen LogP contribution >= 0.6 is 0 Å². The number of aliphatic carboxylic acids is 1. The van der Waals surface area contributed by atoms with Crippen molar-refractivity contribution >= 4 is 22.8 Å².